The second-order valence-electron chi connectivity index (χ2n) is 9.08. The van der Waals surface area contributed by atoms with Crippen molar-refractivity contribution in [3.05, 3.63) is 89.7 Å². The number of halogens is 1. The van der Waals surface area contributed by atoms with Crippen molar-refractivity contribution in [2.24, 2.45) is 0 Å². The molecule has 8 nitrogen and oxygen atoms in total. The first-order valence-electron chi connectivity index (χ1n) is 12.0. The molecule has 37 heavy (non-hydrogen) atoms. The average Bonchev–Trinajstić information content (AvgIpc) is 3.40. The molecule has 194 valence electrons. The second-order valence-corrected chi connectivity index (χ2v) is 9.08. The number of aliphatic hydroxyl groups excluding tert-OH is 1. The predicted octanol–water partition coefficient (Wildman–Crippen LogP) is 2.97. The third kappa shape index (κ3) is 6.71. The molecule has 2 unspecified atom stereocenters. The minimum absolute atomic E-state index is 0.150. The lowest BCUT2D eigenvalue weighted by molar-refractivity contribution is -0.147. The zero-order valence-corrected chi connectivity index (χ0v) is 20.4. The van der Waals surface area contributed by atoms with E-state index in [1.54, 1.807) is 0 Å². The van der Waals surface area contributed by atoms with E-state index >= 15 is 0 Å². The Balaban J connectivity index is 1.43. The van der Waals surface area contributed by atoms with Gasteiger partial charge < -0.3 is 20.3 Å². The van der Waals surface area contributed by atoms with E-state index < -0.39 is 30.0 Å². The van der Waals surface area contributed by atoms with Crippen LogP contribution < -0.4 is 20.9 Å². The molecule has 1 saturated heterocycles. The number of carboxylic acid groups (broad SMARTS) is 1. The van der Waals surface area contributed by atoms with Gasteiger partial charge in [0.2, 0.25) is 5.91 Å². The number of ether oxygens (including phenoxy) is 1. The van der Waals surface area contributed by atoms with Crippen LogP contribution in [0.25, 0.3) is 11.1 Å². The van der Waals surface area contributed by atoms with E-state index in [0.717, 1.165) is 16.7 Å². The van der Waals surface area contributed by atoms with Crippen LogP contribution in [0.2, 0.25) is 0 Å². The lowest BCUT2D eigenvalue weighted by atomic mass is 9.97. The number of hydrogen-bond acceptors (Lipinski definition) is 6. The van der Waals surface area contributed by atoms with Gasteiger partial charge in [0, 0.05) is 18.0 Å². The highest BCUT2D eigenvalue weighted by Crippen LogP contribution is 2.31. The summed E-state index contributed by atoms with van der Waals surface area (Å²) in [6.07, 6.45) is -1.10. The van der Waals surface area contributed by atoms with Gasteiger partial charge in [-0.05, 0) is 47.7 Å². The molecule has 0 spiro atoms. The van der Waals surface area contributed by atoms with Crippen LogP contribution in [0.5, 0.6) is 5.75 Å². The lowest BCUT2D eigenvalue weighted by Crippen LogP contribution is -2.48. The van der Waals surface area contributed by atoms with Crippen LogP contribution in [0.15, 0.2) is 72.8 Å². The van der Waals surface area contributed by atoms with Gasteiger partial charge in [0.15, 0.2) is 6.10 Å². The van der Waals surface area contributed by atoms with Gasteiger partial charge in [-0.3, -0.25) is 4.79 Å². The first-order chi connectivity index (χ1) is 17.8. The van der Waals surface area contributed by atoms with Gasteiger partial charge in [0.05, 0.1) is 13.2 Å². The van der Waals surface area contributed by atoms with Crippen molar-refractivity contribution < 1.29 is 28.9 Å². The topological polar surface area (TPSA) is 120 Å². The SMILES string of the molecule is COc1ccc(F)cc1C1CC(C(=O)N[C@H](Cc2ccc(-c3ccccc3)cc2)C[C@@H](O)C(=O)O)NN1. The molecule has 9 heteroatoms. The van der Waals surface area contributed by atoms with E-state index in [-0.39, 0.29) is 18.4 Å². The third-order valence-electron chi connectivity index (χ3n) is 6.47. The molecule has 1 aliphatic rings. The number of benzene rings is 3. The van der Waals surface area contributed by atoms with Crippen molar-refractivity contribution in [1.29, 1.82) is 0 Å². The summed E-state index contributed by atoms with van der Waals surface area (Å²) in [4.78, 5) is 24.4. The van der Waals surface area contributed by atoms with E-state index in [4.69, 9.17) is 4.74 Å². The van der Waals surface area contributed by atoms with Crippen LogP contribution >= 0.6 is 0 Å². The first-order valence-corrected chi connectivity index (χ1v) is 12.0. The number of nitrogens with one attached hydrogen (secondary N) is 3. The van der Waals surface area contributed by atoms with Gasteiger partial charge in [-0.2, -0.15) is 0 Å². The minimum atomic E-state index is -1.62. The fourth-order valence-corrected chi connectivity index (χ4v) is 4.52. The van der Waals surface area contributed by atoms with Crippen LogP contribution in [0.4, 0.5) is 4.39 Å². The van der Waals surface area contributed by atoms with Crippen LogP contribution in [-0.2, 0) is 16.0 Å². The number of hydrazine groups is 1. The molecular formula is C28H30FN3O5. The van der Waals surface area contributed by atoms with Crippen molar-refractivity contribution in [1.82, 2.24) is 16.2 Å². The molecule has 5 N–H and O–H groups in total. The number of amides is 1. The van der Waals surface area contributed by atoms with Crippen molar-refractivity contribution in [2.75, 3.05) is 7.11 Å². The Bertz CT molecular complexity index is 1220. The molecule has 1 amide bonds. The van der Waals surface area contributed by atoms with Gasteiger partial charge in [0.1, 0.15) is 17.6 Å². The summed E-state index contributed by atoms with van der Waals surface area (Å²) in [7, 11) is 1.49. The van der Waals surface area contributed by atoms with Gasteiger partial charge in [-0.25, -0.2) is 20.0 Å². The molecule has 0 bridgehead atoms. The standard InChI is InChI=1S/C28H30FN3O5/c1-37-26-12-11-20(29)14-22(26)23-16-24(32-31-23)27(34)30-21(15-25(33)28(35)36)13-17-7-9-19(10-8-17)18-5-3-2-4-6-18/h2-12,14,21,23-25,31-33H,13,15-16H2,1H3,(H,30,34)(H,35,36)/t21-,23?,24?,25-/m1/s1. The predicted molar refractivity (Wildman–Crippen MR) is 136 cm³/mol. The van der Waals surface area contributed by atoms with Crippen LogP contribution in [0.3, 0.4) is 0 Å². The highest BCUT2D eigenvalue weighted by Gasteiger charge is 2.33. The maximum Gasteiger partial charge on any atom is 0.332 e. The zero-order valence-electron chi connectivity index (χ0n) is 20.4. The molecular weight excluding hydrogens is 477 g/mol. The van der Waals surface area contributed by atoms with Gasteiger partial charge in [-0.1, -0.05) is 54.6 Å². The molecule has 3 aromatic rings. The summed E-state index contributed by atoms with van der Waals surface area (Å²) in [6, 6.07) is 20.3. The Morgan fingerprint density at radius 2 is 1.76 bits per heavy atom. The smallest absolute Gasteiger partial charge is 0.332 e. The summed E-state index contributed by atoms with van der Waals surface area (Å²) in [5, 5.41) is 22.1. The Morgan fingerprint density at radius 1 is 1.05 bits per heavy atom. The highest BCUT2D eigenvalue weighted by atomic mass is 19.1. The van der Waals surface area contributed by atoms with Crippen LogP contribution in [-0.4, -0.2) is 47.4 Å². The number of aliphatic hydroxyl groups is 1. The summed E-state index contributed by atoms with van der Waals surface area (Å²) < 4.78 is 19.1. The Morgan fingerprint density at radius 3 is 2.43 bits per heavy atom. The fourth-order valence-electron chi connectivity index (χ4n) is 4.52. The van der Waals surface area contributed by atoms with Crippen molar-refractivity contribution in [3.8, 4) is 16.9 Å². The van der Waals surface area contributed by atoms with E-state index in [9.17, 15) is 24.2 Å². The molecule has 4 atom stereocenters. The molecule has 4 rings (SSSR count). The Hall–Kier alpha value is -3.79. The van der Waals surface area contributed by atoms with Gasteiger partial charge in [-0.15, -0.1) is 0 Å². The normalized spacial score (nSPS) is 18.7. The number of methoxy groups -OCH3 is 1. The minimum Gasteiger partial charge on any atom is -0.496 e. The van der Waals surface area contributed by atoms with E-state index in [0.29, 0.717) is 24.2 Å². The maximum absolute atomic E-state index is 13.8. The zero-order chi connectivity index (χ0) is 26.4. The van der Waals surface area contributed by atoms with Crippen molar-refractivity contribution in [3.63, 3.8) is 0 Å². The summed E-state index contributed by atoms with van der Waals surface area (Å²) in [5.74, 6) is -1.61. The molecule has 1 heterocycles. The van der Waals surface area contributed by atoms with Crippen LogP contribution in [0, 0.1) is 5.82 Å². The summed E-state index contributed by atoms with van der Waals surface area (Å²) in [6.45, 7) is 0. The largest absolute Gasteiger partial charge is 0.496 e. The van der Waals surface area contributed by atoms with Crippen LogP contribution in [0.1, 0.15) is 30.0 Å². The second kappa shape index (κ2) is 12.0. The fraction of sp³-hybridized carbons (Fsp3) is 0.286. The lowest BCUT2D eigenvalue weighted by Gasteiger charge is -2.22. The summed E-state index contributed by atoms with van der Waals surface area (Å²) >= 11 is 0. The molecule has 0 radical (unpaired) electrons. The van der Waals surface area contributed by atoms with E-state index in [1.807, 2.05) is 54.6 Å². The van der Waals surface area contributed by atoms with E-state index in [1.165, 1.54) is 25.3 Å². The first kappa shape index (κ1) is 26.3. The molecule has 0 aliphatic carbocycles. The number of carboxylic acids is 1. The number of aliphatic carboxylic acids is 1. The molecule has 3 aromatic carbocycles. The average molecular weight is 508 g/mol. The van der Waals surface area contributed by atoms with Gasteiger partial charge >= 0.3 is 5.97 Å². The number of carbonyl (C=O) groups excluding carboxylic acids is 1. The van der Waals surface area contributed by atoms with Crippen molar-refractivity contribution in [2.45, 2.75) is 43.5 Å². The molecule has 0 saturated carbocycles. The highest BCUT2D eigenvalue weighted by molar-refractivity contribution is 5.82. The quantitative estimate of drug-likeness (QED) is 0.286. The molecule has 1 aliphatic heterocycles. The Kier molecular flexibility index (Phi) is 8.50. The summed E-state index contributed by atoms with van der Waals surface area (Å²) in [5.41, 5.74) is 9.52. The number of carbonyl (C=O) groups is 2. The third-order valence-corrected chi connectivity index (χ3v) is 6.47. The van der Waals surface area contributed by atoms with Gasteiger partial charge in [0.25, 0.3) is 0 Å². The Labute approximate surface area is 214 Å². The molecule has 1 fully saturated rings. The monoisotopic (exact) mass is 507 g/mol. The van der Waals surface area contributed by atoms with E-state index in [2.05, 4.69) is 16.2 Å². The number of rotatable bonds is 10. The molecule has 0 aromatic heterocycles. The maximum atomic E-state index is 13.8. The van der Waals surface area contributed by atoms with Crippen molar-refractivity contribution >= 4 is 11.9 Å². The number of hydrogen-bond donors (Lipinski definition) is 5.